The molecule has 2 aliphatic carbocycles. The summed E-state index contributed by atoms with van der Waals surface area (Å²) in [4.78, 5) is 26.1. The monoisotopic (exact) mass is 597 g/mol. The topological polar surface area (TPSA) is 76.4 Å². The first-order valence-electron chi connectivity index (χ1n) is 15.5. The van der Waals surface area contributed by atoms with E-state index in [-0.39, 0.29) is 17.4 Å². The van der Waals surface area contributed by atoms with Gasteiger partial charge in [-0.3, -0.25) is 4.79 Å². The Bertz CT molecular complexity index is 1510. The zero-order chi connectivity index (χ0) is 31.8. The number of nitrogens with zero attached hydrogens (tertiary/aromatic N) is 1. The number of benzene rings is 2. The van der Waals surface area contributed by atoms with Crippen LogP contribution >= 0.6 is 0 Å². The van der Waals surface area contributed by atoms with Crippen LogP contribution in [0.15, 0.2) is 36.4 Å². The number of nitriles is 1. The summed E-state index contributed by atoms with van der Waals surface area (Å²) in [5.41, 5.74) is 7.06. The lowest BCUT2D eigenvalue weighted by Crippen LogP contribution is -2.35. The minimum atomic E-state index is -1.40. The van der Waals surface area contributed by atoms with Crippen LogP contribution in [-0.4, -0.2) is 33.7 Å². The Labute approximate surface area is 259 Å². The van der Waals surface area contributed by atoms with Crippen LogP contribution in [0.3, 0.4) is 0 Å². The molecule has 228 valence electrons. The van der Waals surface area contributed by atoms with E-state index in [1.807, 2.05) is 12.1 Å². The van der Waals surface area contributed by atoms with Crippen LogP contribution < -0.4 is 0 Å². The van der Waals surface area contributed by atoms with E-state index in [1.54, 1.807) is 12.1 Å². The molecule has 43 heavy (non-hydrogen) atoms. The summed E-state index contributed by atoms with van der Waals surface area (Å²) < 4.78 is 10.7. The van der Waals surface area contributed by atoms with Crippen LogP contribution in [0.2, 0.25) is 19.6 Å². The van der Waals surface area contributed by atoms with Crippen molar-refractivity contribution in [3.63, 3.8) is 0 Å². The van der Waals surface area contributed by atoms with Gasteiger partial charge in [0.05, 0.1) is 30.8 Å². The summed E-state index contributed by atoms with van der Waals surface area (Å²) in [5, 5.41) is 10.7. The molecule has 2 unspecified atom stereocenters. The van der Waals surface area contributed by atoms with Gasteiger partial charge in [0.25, 0.3) is 0 Å². The number of methoxy groups -OCH3 is 1. The van der Waals surface area contributed by atoms with Crippen molar-refractivity contribution >= 4 is 20.0 Å². The molecule has 0 aliphatic heterocycles. The maximum atomic E-state index is 13.9. The fourth-order valence-corrected chi connectivity index (χ4v) is 7.39. The zero-order valence-corrected chi connectivity index (χ0v) is 28.5. The molecule has 0 spiro atoms. The third-order valence-electron chi connectivity index (χ3n) is 9.52. The van der Waals surface area contributed by atoms with E-state index in [0.29, 0.717) is 18.4 Å². The van der Waals surface area contributed by atoms with E-state index < -0.39 is 30.8 Å². The highest BCUT2D eigenvalue weighted by atomic mass is 28.3. The minimum absolute atomic E-state index is 0.0354. The minimum Gasteiger partial charge on any atom is -0.465 e. The molecule has 4 rings (SSSR count). The predicted octanol–water partition coefficient (Wildman–Crippen LogP) is 7.92. The molecule has 6 heteroatoms. The molecule has 5 nitrogen and oxygen atoms in total. The summed E-state index contributed by atoms with van der Waals surface area (Å²) in [6, 6.07) is 14.1. The predicted molar refractivity (Wildman–Crippen MR) is 174 cm³/mol. The Morgan fingerprint density at radius 2 is 1.53 bits per heavy atom. The van der Waals surface area contributed by atoms with E-state index in [0.717, 1.165) is 42.4 Å². The highest BCUT2D eigenvalue weighted by molar-refractivity contribution is 6.83. The summed E-state index contributed by atoms with van der Waals surface area (Å²) in [6.07, 6.45) is 4.82. The summed E-state index contributed by atoms with van der Waals surface area (Å²) in [6.45, 7) is 18.2. The number of esters is 2. The van der Waals surface area contributed by atoms with Gasteiger partial charge in [0, 0.05) is 6.42 Å². The van der Waals surface area contributed by atoms with Gasteiger partial charge in [-0.05, 0) is 89.8 Å². The van der Waals surface area contributed by atoms with Crippen molar-refractivity contribution in [2.75, 3.05) is 13.7 Å². The van der Waals surface area contributed by atoms with Crippen LogP contribution in [0, 0.1) is 35.1 Å². The molecule has 0 N–H and O–H groups in total. The number of carbonyl (C=O) groups is 2. The third kappa shape index (κ3) is 6.05. The molecule has 2 aliphatic rings. The number of rotatable bonds is 8. The smallest absolute Gasteiger partial charge is 0.337 e. The Kier molecular flexibility index (Phi) is 8.80. The first kappa shape index (κ1) is 32.6. The van der Waals surface area contributed by atoms with Gasteiger partial charge in [0.1, 0.15) is 8.07 Å². The second kappa shape index (κ2) is 11.6. The molecular formula is C37H47NO4Si. The van der Waals surface area contributed by atoms with Gasteiger partial charge >= 0.3 is 11.9 Å². The van der Waals surface area contributed by atoms with Crippen molar-refractivity contribution in [1.82, 2.24) is 0 Å². The van der Waals surface area contributed by atoms with Gasteiger partial charge in [0.15, 0.2) is 5.41 Å². The van der Waals surface area contributed by atoms with E-state index in [1.165, 1.54) is 18.2 Å². The molecule has 0 amide bonds. The van der Waals surface area contributed by atoms with Crippen LogP contribution in [0.25, 0.3) is 0 Å². The van der Waals surface area contributed by atoms with Crippen LogP contribution in [-0.2, 0) is 30.5 Å². The van der Waals surface area contributed by atoms with E-state index in [9.17, 15) is 14.9 Å². The van der Waals surface area contributed by atoms with Crippen molar-refractivity contribution in [2.45, 2.75) is 109 Å². The maximum absolute atomic E-state index is 13.9. The van der Waals surface area contributed by atoms with E-state index in [2.05, 4.69) is 83.9 Å². The number of hydrogen-bond donors (Lipinski definition) is 0. The van der Waals surface area contributed by atoms with Crippen LogP contribution in [0.4, 0.5) is 0 Å². The first-order chi connectivity index (χ1) is 20.0. The molecule has 2 atom stereocenters. The van der Waals surface area contributed by atoms with Crippen molar-refractivity contribution in [1.29, 1.82) is 5.26 Å². The van der Waals surface area contributed by atoms with Gasteiger partial charge in [-0.1, -0.05) is 71.6 Å². The SMILES string of the molecule is COC(=O)c1ccc(C2(c3cc4c(cc3C)C(C)(C)CCC4(C)C)CC2(C#N)C(=O)OCCCCC#C[Si](C)(C)C)cc1. The Balaban J connectivity index is 1.73. The van der Waals surface area contributed by atoms with Crippen molar-refractivity contribution in [3.8, 4) is 17.5 Å². The number of ether oxygens (including phenoxy) is 2. The lowest BCUT2D eigenvalue weighted by Gasteiger charge is -2.43. The fourth-order valence-electron chi connectivity index (χ4n) is 6.73. The molecule has 0 saturated heterocycles. The largest absolute Gasteiger partial charge is 0.465 e. The van der Waals surface area contributed by atoms with Crippen LogP contribution in [0.5, 0.6) is 0 Å². The van der Waals surface area contributed by atoms with Crippen molar-refractivity contribution in [3.05, 3.63) is 69.8 Å². The summed E-state index contributed by atoms with van der Waals surface area (Å²) >= 11 is 0. The summed E-state index contributed by atoms with van der Waals surface area (Å²) in [7, 11) is -0.0423. The molecule has 0 aromatic heterocycles. The fraction of sp³-hybridized carbons (Fsp3) is 0.541. The molecule has 0 bridgehead atoms. The average Bonchev–Trinajstić information content (AvgIpc) is 3.65. The van der Waals surface area contributed by atoms with E-state index in [4.69, 9.17) is 9.47 Å². The van der Waals surface area contributed by atoms with Gasteiger partial charge in [0.2, 0.25) is 0 Å². The molecule has 0 heterocycles. The Morgan fingerprint density at radius 3 is 2.09 bits per heavy atom. The lowest BCUT2D eigenvalue weighted by molar-refractivity contribution is -0.148. The second-order valence-electron chi connectivity index (χ2n) is 14.8. The van der Waals surface area contributed by atoms with Gasteiger partial charge in [-0.25, -0.2) is 4.79 Å². The molecule has 2 aromatic carbocycles. The van der Waals surface area contributed by atoms with Crippen molar-refractivity contribution < 1.29 is 19.1 Å². The van der Waals surface area contributed by atoms with Crippen LogP contribution in [0.1, 0.15) is 104 Å². The average molecular weight is 598 g/mol. The number of hydrogen-bond acceptors (Lipinski definition) is 5. The third-order valence-corrected chi connectivity index (χ3v) is 10.4. The maximum Gasteiger partial charge on any atom is 0.337 e. The number of aryl methyl sites for hydroxylation is 1. The lowest BCUT2D eigenvalue weighted by atomic mass is 9.61. The molecular weight excluding hydrogens is 550 g/mol. The molecule has 0 radical (unpaired) electrons. The van der Waals surface area contributed by atoms with E-state index >= 15 is 0 Å². The normalized spacial score (nSPS) is 23.2. The van der Waals surface area contributed by atoms with Crippen molar-refractivity contribution in [2.24, 2.45) is 5.41 Å². The number of unbranched alkanes of at least 4 members (excludes halogenated alkanes) is 2. The van der Waals surface area contributed by atoms with Gasteiger partial charge in [-0.15, -0.1) is 11.5 Å². The van der Waals surface area contributed by atoms with Gasteiger partial charge < -0.3 is 9.47 Å². The Hall–Kier alpha value is -3.35. The highest BCUT2D eigenvalue weighted by Crippen LogP contribution is 2.69. The standard InChI is InChI=1S/C37H47NO4Si/c1-26-22-30-31(35(4,5)19-18-34(30,2)3)23-29(26)37(28-16-14-27(15-17-28)32(39)41-6)24-36(37,25-38)33(40)42-20-12-10-11-13-21-43(7,8)9/h14-17,22-23H,10-12,18-20,24H2,1-9H3. The number of fused-ring (bicyclic) bond motifs is 1. The number of carbonyl (C=O) groups excluding carboxylic acids is 2. The second-order valence-corrected chi connectivity index (χ2v) is 19.5. The highest BCUT2D eigenvalue weighted by Gasteiger charge is 2.76. The quantitative estimate of drug-likeness (QED) is 0.134. The summed E-state index contributed by atoms with van der Waals surface area (Å²) in [5.74, 6) is 2.37. The first-order valence-corrected chi connectivity index (χ1v) is 19.0. The zero-order valence-electron chi connectivity index (χ0n) is 27.5. The Morgan fingerprint density at radius 1 is 0.930 bits per heavy atom. The van der Waals surface area contributed by atoms with Gasteiger partial charge in [-0.2, -0.15) is 5.26 Å². The molecule has 1 saturated carbocycles. The molecule has 1 fully saturated rings. The molecule has 2 aromatic rings.